The number of rotatable bonds is 4. The van der Waals surface area contributed by atoms with Crippen LogP contribution in [0.15, 0.2) is 0 Å². The number of hydrogen-bond donors (Lipinski definition) is 3. The molecule has 5 heteroatoms. The van der Waals surface area contributed by atoms with E-state index in [-0.39, 0.29) is 24.0 Å². The second-order valence-electron chi connectivity index (χ2n) is 6.65. The molecule has 3 N–H and O–H groups in total. The molecule has 0 aliphatic heterocycles. The van der Waals surface area contributed by atoms with Gasteiger partial charge in [0.15, 0.2) is 0 Å². The molecule has 5 nitrogen and oxygen atoms in total. The highest BCUT2D eigenvalue weighted by Crippen LogP contribution is 2.27. The number of carbonyl (C=O) groups excluding carboxylic acids is 1. The summed E-state index contributed by atoms with van der Waals surface area (Å²) in [5, 5.41) is 15.1. The van der Waals surface area contributed by atoms with Gasteiger partial charge in [0.2, 0.25) is 0 Å². The Kier molecular flexibility index (Phi) is 5.88. The average molecular weight is 296 g/mol. The standard InChI is InChI=1S/C16H28N2O3/c1-2-11-5-3-7-13(9-11)17-16(21)18-14-8-4-6-12(10-14)15(19)20/h11-14H,2-10H2,1H3,(H,19,20)(H2,17,18,21). The van der Waals surface area contributed by atoms with Gasteiger partial charge in [-0.05, 0) is 38.0 Å². The van der Waals surface area contributed by atoms with E-state index in [0.717, 1.165) is 38.0 Å². The number of amides is 2. The van der Waals surface area contributed by atoms with Gasteiger partial charge in [-0.15, -0.1) is 0 Å². The van der Waals surface area contributed by atoms with E-state index in [4.69, 9.17) is 5.11 Å². The van der Waals surface area contributed by atoms with Crippen molar-refractivity contribution in [2.24, 2.45) is 11.8 Å². The van der Waals surface area contributed by atoms with E-state index in [1.54, 1.807) is 0 Å². The highest BCUT2D eigenvalue weighted by Gasteiger charge is 2.28. The first kappa shape index (κ1) is 16.1. The highest BCUT2D eigenvalue weighted by atomic mass is 16.4. The van der Waals surface area contributed by atoms with Crippen molar-refractivity contribution >= 4 is 12.0 Å². The Morgan fingerprint density at radius 2 is 1.62 bits per heavy atom. The second kappa shape index (κ2) is 7.66. The average Bonchev–Trinajstić information content (AvgIpc) is 2.47. The van der Waals surface area contributed by atoms with Crippen LogP contribution in [-0.4, -0.2) is 29.2 Å². The molecular formula is C16H28N2O3. The zero-order valence-corrected chi connectivity index (χ0v) is 12.9. The largest absolute Gasteiger partial charge is 0.481 e. The molecule has 4 atom stereocenters. The van der Waals surface area contributed by atoms with Crippen molar-refractivity contribution in [3.63, 3.8) is 0 Å². The maximum atomic E-state index is 12.1. The summed E-state index contributed by atoms with van der Waals surface area (Å²) >= 11 is 0. The van der Waals surface area contributed by atoms with Crippen molar-refractivity contribution in [3.8, 4) is 0 Å². The Bertz CT molecular complexity index is 373. The summed E-state index contributed by atoms with van der Waals surface area (Å²) < 4.78 is 0. The van der Waals surface area contributed by atoms with E-state index in [1.165, 1.54) is 19.3 Å². The first-order chi connectivity index (χ1) is 10.1. The third kappa shape index (κ3) is 4.90. The van der Waals surface area contributed by atoms with Gasteiger partial charge in [0.25, 0.3) is 0 Å². The lowest BCUT2D eigenvalue weighted by molar-refractivity contribution is -0.143. The molecule has 0 spiro atoms. The zero-order chi connectivity index (χ0) is 15.2. The summed E-state index contributed by atoms with van der Waals surface area (Å²) in [4.78, 5) is 23.1. The van der Waals surface area contributed by atoms with Gasteiger partial charge in [0.05, 0.1) is 5.92 Å². The Morgan fingerprint density at radius 3 is 2.24 bits per heavy atom. The fourth-order valence-corrected chi connectivity index (χ4v) is 3.75. The molecule has 2 rings (SSSR count). The number of urea groups is 1. The van der Waals surface area contributed by atoms with E-state index in [2.05, 4.69) is 17.6 Å². The minimum atomic E-state index is -0.736. The molecule has 2 aliphatic carbocycles. The van der Waals surface area contributed by atoms with Crippen LogP contribution in [0.25, 0.3) is 0 Å². The van der Waals surface area contributed by atoms with Gasteiger partial charge in [-0.2, -0.15) is 0 Å². The van der Waals surface area contributed by atoms with Crippen LogP contribution in [0, 0.1) is 11.8 Å². The van der Waals surface area contributed by atoms with Crippen molar-refractivity contribution in [3.05, 3.63) is 0 Å². The topological polar surface area (TPSA) is 78.4 Å². The van der Waals surface area contributed by atoms with Gasteiger partial charge in [-0.25, -0.2) is 4.79 Å². The third-order valence-corrected chi connectivity index (χ3v) is 5.05. The Hall–Kier alpha value is -1.26. The summed E-state index contributed by atoms with van der Waals surface area (Å²) in [6, 6.07) is 0.167. The first-order valence-electron chi connectivity index (χ1n) is 8.38. The van der Waals surface area contributed by atoms with Crippen molar-refractivity contribution in [1.29, 1.82) is 0 Å². The molecule has 120 valence electrons. The maximum Gasteiger partial charge on any atom is 0.315 e. The lowest BCUT2D eigenvalue weighted by Crippen LogP contribution is -2.49. The minimum Gasteiger partial charge on any atom is -0.481 e. The fraction of sp³-hybridized carbons (Fsp3) is 0.875. The number of nitrogens with one attached hydrogen (secondary N) is 2. The molecular weight excluding hydrogens is 268 g/mol. The fourth-order valence-electron chi connectivity index (χ4n) is 3.75. The summed E-state index contributed by atoms with van der Waals surface area (Å²) in [6.07, 6.45) is 8.85. The third-order valence-electron chi connectivity index (χ3n) is 5.05. The summed E-state index contributed by atoms with van der Waals surface area (Å²) in [7, 11) is 0. The van der Waals surface area contributed by atoms with Crippen LogP contribution < -0.4 is 10.6 Å². The second-order valence-corrected chi connectivity index (χ2v) is 6.65. The van der Waals surface area contributed by atoms with Crippen LogP contribution in [0.2, 0.25) is 0 Å². The van der Waals surface area contributed by atoms with Gasteiger partial charge < -0.3 is 15.7 Å². The van der Waals surface area contributed by atoms with Gasteiger partial charge >= 0.3 is 12.0 Å². The Morgan fingerprint density at radius 1 is 1.00 bits per heavy atom. The number of hydrogen-bond acceptors (Lipinski definition) is 2. The van der Waals surface area contributed by atoms with Crippen LogP contribution in [0.5, 0.6) is 0 Å². The smallest absolute Gasteiger partial charge is 0.315 e. The van der Waals surface area contributed by atoms with Gasteiger partial charge in [0.1, 0.15) is 0 Å². The van der Waals surface area contributed by atoms with Gasteiger partial charge in [0, 0.05) is 12.1 Å². The van der Waals surface area contributed by atoms with Crippen molar-refractivity contribution in [2.75, 3.05) is 0 Å². The molecule has 4 unspecified atom stereocenters. The van der Waals surface area contributed by atoms with Crippen LogP contribution in [0.3, 0.4) is 0 Å². The highest BCUT2D eigenvalue weighted by molar-refractivity contribution is 5.75. The van der Waals surface area contributed by atoms with Crippen LogP contribution in [0.1, 0.15) is 64.7 Å². The minimum absolute atomic E-state index is 0.00501. The molecule has 2 fully saturated rings. The zero-order valence-electron chi connectivity index (χ0n) is 12.9. The predicted molar refractivity (Wildman–Crippen MR) is 81.1 cm³/mol. The monoisotopic (exact) mass is 296 g/mol. The molecule has 0 aromatic carbocycles. The van der Waals surface area contributed by atoms with E-state index >= 15 is 0 Å². The normalized spacial score (nSPS) is 33.2. The molecule has 2 amide bonds. The lowest BCUT2D eigenvalue weighted by Gasteiger charge is -2.31. The number of carboxylic acid groups (broad SMARTS) is 1. The molecule has 0 aromatic heterocycles. The van der Waals surface area contributed by atoms with Crippen molar-refractivity contribution in [2.45, 2.75) is 76.8 Å². The predicted octanol–water partition coefficient (Wildman–Crippen LogP) is 2.90. The van der Waals surface area contributed by atoms with Gasteiger partial charge in [-0.1, -0.05) is 32.6 Å². The summed E-state index contributed by atoms with van der Waals surface area (Å²) in [6.45, 7) is 2.21. The van der Waals surface area contributed by atoms with Crippen molar-refractivity contribution < 1.29 is 14.7 Å². The molecule has 0 radical (unpaired) electrons. The van der Waals surface area contributed by atoms with Crippen molar-refractivity contribution in [1.82, 2.24) is 10.6 Å². The quantitative estimate of drug-likeness (QED) is 0.746. The van der Waals surface area contributed by atoms with Crippen LogP contribution >= 0.6 is 0 Å². The van der Waals surface area contributed by atoms with Crippen LogP contribution in [0.4, 0.5) is 4.79 Å². The Labute approximate surface area is 126 Å². The number of carboxylic acids is 1. The molecule has 21 heavy (non-hydrogen) atoms. The lowest BCUT2D eigenvalue weighted by atomic mass is 9.84. The summed E-state index contributed by atoms with van der Waals surface area (Å²) in [5.74, 6) is -0.307. The molecule has 0 heterocycles. The molecule has 2 aliphatic rings. The molecule has 0 aromatic rings. The summed E-state index contributed by atoms with van der Waals surface area (Å²) in [5.41, 5.74) is 0. The number of aliphatic carboxylic acids is 1. The van der Waals surface area contributed by atoms with E-state index < -0.39 is 5.97 Å². The Balaban J connectivity index is 1.75. The molecule has 2 saturated carbocycles. The SMILES string of the molecule is CCC1CCCC(NC(=O)NC2CCCC(C(=O)O)C2)C1. The van der Waals surface area contributed by atoms with E-state index in [1.807, 2.05) is 0 Å². The van der Waals surface area contributed by atoms with Gasteiger partial charge in [-0.3, -0.25) is 4.79 Å². The first-order valence-corrected chi connectivity index (χ1v) is 8.38. The van der Waals surface area contributed by atoms with E-state index in [0.29, 0.717) is 6.42 Å². The molecule has 0 saturated heterocycles. The number of carbonyl (C=O) groups is 2. The maximum absolute atomic E-state index is 12.1. The molecule has 0 bridgehead atoms. The van der Waals surface area contributed by atoms with Crippen LogP contribution in [-0.2, 0) is 4.79 Å². The van der Waals surface area contributed by atoms with E-state index in [9.17, 15) is 9.59 Å².